The number of halogens is 2. The maximum atomic E-state index is 14.0. The second kappa shape index (κ2) is 7.45. The SMILES string of the molecule is O=C(NC1CCOCC1)C1CCCN(c2ncc(Cl)cc2F)C1. The van der Waals surface area contributed by atoms with Crippen LogP contribution in [0, 0.1) is 11.7 Å². The van der Waals surface area contributed by atoms with Gasteiger partial charge in [-0.1, -0.05) is 11.6 Å². The van der Waals surface area contributed by atoms with Gasteiger partial charge < -0.3 is 15.0 Å². The van der Waals surface area contributed by atoms with E-state index >= 15 is 0 Å². The van der Waals surface area contributed by atoms with Gasteiger partial charge in [-0.3, -0.25) is 4.79 Å². The van der Waals surface area contributed by atoms with E-state index in [0.717, 1.165) is 25.7 Å². The molecule has 0 radical (unpaired) electrons. The molecule has 0 aromatic carbocycles. The number of carbonyl (C=O) groups is 1. The molecule has 0 saturated carbocycles. The van der Waals surface area contributed by atoms with Gasteiger partial charge in [-0.15, -0.1) is 0 Å². The Kier molecular flexibility index (Phi) is 5.33. The van der Waals surface area contributed by atoms with Crippen LogP contribution in [-0.4, -0.2) is 43.2 Å². The van der Waals surface area contributed by atoms with Crippen LogP contribution in [0.15, 0.2) is 12.3 Å². The fourth-order valence-electron chi connectivity index (χ4n) is 3.18. The third kappa shape index (κ3) is 4.12. The lowest BCUT2D eigenvalue weighted by molar-refractivity contribution is -0.126. The predicted molar refractivity (Wildman–Crippen MR) is 86.1 cm³/mol. The van der Waals surface area contributed by atoms with Crippen LogP contribution in [-0.2, 0) is 9.53 Å². The first kappa shape index (κ1) is 16.5. The highest BCUT2D eigenvalue weighted by atomic mass is 35.5. The molecule has 1 N–H and O–H groups in total. The van der Waals surface area contributed by atoms with E-state index in [1.54, 1.807) is 0 Å². The summed E-state index contributed by atoms with van der Waals surface area (Å²) in [5.41, 5.74) is 0. The maximum absolute atomic E-state index is 14.0. The monoisotopic (exact) mass is 341 g/mol. The Hall–Kier alpha value is -1.40. The van der Waals surface area contributed by atoms with Crippen LogP contribution in [0.2, 0.25) is 5.02 Å². The second-order valence-corrected chi connectivity index (χ2v) is 6.58. The molecule has 1 aromatic rings. The fourth-order valence-corrected chi connectivity index (χ4v) is 3.33. The molecule has 0 bridgehead atoms. The van der Waals surface area contributed by atoms with Crippen molar-refractivity contribution in [2.24, 2.45) is 5.92 Å². The van der Waals surface area contributed by atoms with Crippen LogP contribution in [0.3, 0.4) is 0 Å². The average Bonchev–Trinajstić information content (AvgIpc) is 2.56. The Morgan fingerprint density at radius 2 is 2.17 bits per heavy atom. The van der Waals surface area contributed by atoms with E-state index in [-0.39, 0.29) is 28.7 Å². The highest BCUT2D eigenvalue weighted by Crippen LogP contribution is 2.25. The minimum atomic E-state index is -0.442. The fraction of sp³-hybridized carbons (Fsp3) is 0.625. The van der Waals surface area contributed by atoms with Crippen molar-refractivity contribution >= 4 is 23.3 Å². The number of carbonyl (C=O) groups excluding carboxylic acids is 1. The number of pyridine rings is 1. The number of nitrogens with one attached hydrogen (secondary N) is 1. The van der Waals surface area contributed by atoms with Gasteiger partial charge in [0.2, 0.25) is 5.91 Å². The third-order valence-electron chi connectivity index (χ3n) is 4.45. The second-order valence-electron chi connectivity index (χ2n) is 6.14. The molecule has 1 unspecified atom stereocenters. The van der Waals surface area contributed by atoms with Gasteiger partial charge in [0.15, 0.2) is 11.6 Å². The number of aromatic nitrogens is 1. The summed E-state index contributed by atoms with van der Waals surface area (Å²) in [6.45, 7) is 2.58. The van der Waals surface area contributed by atoms with Crippen LogP contribution in [0.25, 0.3) is 0 Å². The first-order valence-corrected chi connectivity index (χ1v) is 8.45. The smallest absolute Gasteiger partial charge is 0.225 e. The topological polar surface area (TPSA) is 54.5 Å². The summed E-state index contributed by atoms with van der Waals surface area (Å²) < 4.78 is 19.3. The zero-order chi connectivity index (χ0) is 16.2. The van der Waals surface area contributed by atoms with Crippen LogP contribution >= 0.6 is 11.6 Å². The Labute approximate surface area is 140 Å². The zero-order valence-corrected chi connectivity index (χ0v) is 13.7. The molecule has 0 spiro atoms. The van der Waals surface area contributed by atoms with Crippen molar-refractivity contribution in [2.45, 2.75) is 31.7 Å². The van der Waals surface area contributed by atoms with E-state index in [4.69, 9.17) is 16.3 Å². The third-order valence-corrected chi connectivity index (χ3v) is 4.65. The lowest BCUT2D eigenvalue weighted by Gasteiger charge is -2.34. The first-order valence-electron chi connectivity index (χ1n) is 8.07. The number of ether oxygens (including phenoxy) is 1. The van der Waals surface area contributed by atoms with Gasteiger partial charge in [-0.05, 0) is 31.7 Å². The molecule has 3 rings (SSSR count). The van der Waals surface area contributed by atoms with E-state index in [9.17, 15) is 9.18 Å². The molecule has 2 aliphatic rings. The molecule has 1 aromatic heterocycles. The van der Waals surface area contributed by atoms with Crippen molar-refractivity contribution in [2.75, 3.05) is 31.2 Å². The summed E-state index contributed by atoms with van der Waals surface area (Å²) in [6.07, 6.45) is 4.81. The molecule has 1 amide bonds. The average molecular weight is 342 g/mol. The molecule has 1 atom stereocenters. The largest absolute Gasteiger partial charge is 0.381 e. The van der Waals surface area contributed by atoms with Gasteiger partial charge in [0.05, 0.1) is 10.9 Å². The van der Waals surface area contributed by atoms with Crippen molar-refractivity contribution in [1.82, 2.24) is 10.3 Å². The molecular formula is C16H21ClFN3O2. The number of nitrogens with zero attached hydrogens (tertiary/aromatic N) is 2. The standard InChI is InChI=1S/C16H21ClFN3O2/c17-12-8-14(18)15(19-9-12)21-5-1-2-11(10-21)16(22)20-13-3-6-23-7-4-13/h8-9,11,13H,1-7,10H2,(H,20,22). The van der Waals surface area contributed by atoms with E-state index in [1.807, 2.05) is 4.90 Å². The van der Waals surface area contributed by atoms with Crippen molar-refractivity contribution in [3.63, 3.8) is 0 Å². The van der Waals surface area contributed by atoms with Gasteiger partial charge in [0.25, 0.3) is 0 Å². The van der Waals surface area contributed by atoms with Crippen molar-refractivity contribution < 1.29 is 13.9 Å². The van der Waals surface area contributed by atoms with Crippen LogP contribution in [0.1, 0.15) is 25.7 Å². The maximum Gasteiger partial charge on any atom is 0.225 e. The van der Waals surface area contributed by atoms with Crippen LogP contribution in [0.4, 0.5) is 10.2 Å². The first-order chi connectivity index (χ1) is 11.1. The van der Waals surface area contributed by atoms with Crippen molar-refractivity contribution in [1.29, 1.82) is 0 Å². The zero-order valence-electron chi connectivity index (χ0n) is 12.9. The Bertz CT molecular complexity index is 566. The lowest BCUT2D eigenvalue weighted by atomic mass is 9.96. The summed E-state index contributed by atoms with van der Waals surface area (Å²) in [4.78, 5) is 18.4. The van der Waals surface area contributed by atoms with E-state index in [0.29, 0.717) is 26.3 Å². The highest BCUT2D eigenvalue weighted by molar-refractivity contribution is 6.30. The summed E-state index contributed by atoms with van der Waals surface area (Å²) in [6, 6.07) is 1.45. The molecular weight excluding hydrogens is 321 g/mol. The lowest BCUT2D eigenvalue weighted by Crippen LogP contribution is -2.47. The number of hydrogen-bond donors (Lipinski definition) is 1. The van der Waals surface area contributed by atoms with Crippen LogP contribution < -0.4 is 10.2 Å². The molecule has 2 fully saturated rings. The number of anilines is 1. The molecule has 7 heteroatoms. The molecule has 5 nitrogen and oxygen atoms in total. The van der Waals surface area contributed by atoms with Gasteiger partial charge in [-0.2, -0.15) is 0 Å². The van der Waals surface area contributed by atoms with E-state index in [1.165, 1.54) is 12.3 Å². The van der Waals surface area contributed by atoms with Crippen molar-refractivity contribution in [3.8, 4) is 0 Å². The van der Waals surface area contributed by atoms with Gasteiger partial charge in [0.1, 0.15) is 0 Å². The number of hydrogen-bond acceptors (Lipinski definition) is 4. The molecule has 126 valence electrons. The van der Waals surface area contributed by atoms with Gasteiger partial charge >= 0.3 is 0 Å². The molecule has 23 heavy (non-hydrogen) atoms. The minimum absolute atomic E-state index is 0.0518. The predicted octanol–water partition coefficient (Wildman–Crippen LogP) is 2.39. The summed E-state index contributed by atoms with van der Waals surface area (Å²) >= 11 is 5.75. The summed E-state index contributed by atoms with van der Waals surface area (Å²) in [5, 5.41) is 3.38. The number of amides is 1. The van der Waals surface area contributed by atoms with E-state index in [2.05, 4.69) is 10.3 Å². The number of piperidine rings is 1. The quantitative estimate of drug-likeness (QED) is 0.917. The van der Waals surface area contributed by atoms with Crippen LogP contribution in [0.5, 0.6) is 0 Å². The molecule has 2 aliphatic heterocycles. The van der Waals surface area contributed by atoms with Gasteiger partial charge in [-0.25, -0.2) is 9.37 Å². The summed E-state index contributed by atoms with van der Waals surface area (Å²) in [7, 11) is 0. The van der Waals surface area contributed by atoms with E-state index < -0.39 is 5.82 Å². The molecule has 0 aliphatic carbocycles. The Balaban J connectivity index is 1.62. The molecule has 2 saturated heterocycles. The molecule has 3 heterocycles. The van der Waals surface area contributed by atoms with Gasteiger partial charge in [0, 0.05) is 38.5 Å². The van der Waals surface area contributed by atoms with Crippen molar-refractivity contribution in [3.05, 3.63) is 23.1 Å². The Morgan fingerprint density at radius 1 is 1.39 bits per heavy atom. The minimum Gasteiger partial charge on any atom is -0.381 e. The summed E-state index contributed by atoms with van der Waals surface area (Å²) in [5.74, 6) is -0.250. The normalized spacial score (nSPS) is 22.9. The number of rotatable bonds is 3. The Morgan fingerprint density at radius 3 is 2.91 bits per heavy atom. The highest BCUT2D eigenvalue weighted by Gasteiger charge is 2.29.